The van der Waals surface area contributed by atoms with Gasteiger partial charge in [0.25, 0.3) is 6.43 Å². The molecule has 0 fully saturated rings. The van der Waals surface area contributed by atoms with Crippen LogP contribution in [0.5, 0.6) is 0 Å². The molecular weight excluding hydrogens is 237 g/mol. The van der Waals surface area contributed by atoms with Gasteiger partial charge in [-0.15, -0.1) is 0 Å². The van der Waals surface area contributed by atoms with Gasteiger partial charge in [-0.25, -0.2) is 22.9 Å². The second kappa shape index (κ2) is 5.62. The topological polar surface area (TPSA) is 65.2 Å². The molecule has 1 heterocycles. The Labute approximate surface area is 95.6 Å². The van der Waals surface area contributed by atoms with Crippen molar-refractivity contribution in [2.24, 2.45) is 5.73 Å². The fraction of sp³-hybridized carbons (Fsp3) is 0.400. The number of hydrogen-bond donors (Lipinski definition) is 1. The Bertz CT molecular complexity index is 424. The number of nitrogens with two attached hydrogens (primary N) is 1. The number of nitrogens with zero attached hydrogens (tertiary/aromatic N) is 1. The van der Waals surface area contributed by atoms with Crippen molar-refractivity contribution in [3.8, 4) is 0 Å². The van der Waals surface area contributed by atoms with Crippen molar-refractivity contribution in [3.05, 3.63) is 28.8 Å². The fourth-order valence-corrected chi connectivity index (χ4v) is 1.21. The van der Waals surface area contributed by atoms with Crippen LogP contribution >= 0.6 is 0 Å². The van der Waals surface area contributed by atoms with Gasteiger partial charge in [-0.2, -0.15) is 0 Å². The SMILES string of the molecule is CCOC(=O)c1cc(CN)c(F)c(C(F)F)n1. The van der Waals surface area contributed by atoms with Crippen LogP contribution < -0.4 is 5.73 Å². The van der Waals surface area contributed by atoms with Crippen molar-refractivity contribution in [2.75, 3.05) is 6.61 Å². The van der Waals surface area contributed by atoms with Gasteiger partial charge in [-0.3, -0.25) is 0 Å². The molecule has 0 unspecified atom stereocenters. The number of carbonyl (C=O) groups excluding carboxylic acids is 1. The highest BCUT2D eigenvalue weighted by atomic mass is 19.3. The Morgan fingerprint density at radius 3 is 2.71 bits per heavy atom. The predicted molar refractivity (Wildman–Crippen MR) is 53.0 cm³/mol. The number of carbonyl (C=O) groups is 1. The summed E-state index contributed by atoms with van der Waals surface area (Å²) in [6.07, 6.45) is -3.12. The molecule has 94 valence electrons. The molecule has 0 saturated carbocycles. The van der Waals surface area contributed by atoms with Crippen LogP contribution in [0.25, 0.3) is 0 Å². The number of esters is 1. The van der Waals surface area contributed by atoms with Gasteiger partial charge in [0, 0.05) is 12.1 Å². The molecule has 0 aliphatic rings. The van der Waals surface area contributed by atoms with Gasteiger partial charge >= 0.3 is 5.97 Å². The quantitative estimate of drug-likeness (QED) is 0.825. The molecule has 7 heteroatoms. The lowest BCUT2D eigenvalue weighted by atomic mass is 10.1. The molecule has 0 aromatic carbocycles. The molecule has 1 aromatic rings. The van der Waals surface area contributed by atoms with E-state index in [1.807, 2.05) is 0 Å². The summed E-state index contributed by atoms with van der Waals surface area (Å²) in [6, 6.07) is 1.01. The molecular formula is C10H11F3N2O2. The first kappa shape index (κ1) is 13.4. The molecule has 0 amide bonds. The van der Waals surface area contributed by atoms with E-state index in [-0.39, 0.29) is 24.4 Å². The van der Waals surface area contributed by atoms with E-state index >= 15 is 0 Å². The number of alkyl halides is 2. The minimum Gasteiger partial charge on any atom is -0.461 e. The highest BCUT2D eigenvalue weighted by Crippen LogP contribution is 2.23. The summed E-state index contributed by atoms with van der Waals surface area (Å²) in [5.41, 5.74) is 3.54. The van der Waals surface area contributed by atoms with Crippen LogP contribution in [0.1, 0.15) is 35.1 Å². The molecule has 0 aliphatic carbocycles. The highest BCUT2D eigenvalue weighted by molar-refractivity contribution is 5.87. The largest absolute Gasteiger partial charge is 0.461 e. The second-order valence-electron chi connectivity index (χ2n) is 3.09. The zero-order valence-electron chi connectivity index (χ0n) is 9.04. The Hall–Kier alpha value is -1.63. The van der Waals surface area contributed by atoms with E-state index in [9.17, 15) is 18.0 Å². The van der Waals surface area contributed by atoms with Crippen LogP contribution in [0.15, 0.2) is 6.07 Å². The molecule has 2 N–H and O–H groups in total. The van der Waals surface area contributed by atoms with Gasteiger partial charge in [-0.05, 0) is 13.0 Å². The Morgan fingerprint density at radius 1 is 1.59 bits per heavy atom. The van der Waals surface area contributed by atoms with E-state index < -0.39 is 23.9 Å². The maximum atomic E-state index is 13.4. The first-order valence-corrected chi connectivity index (χ1v) is 4.85. The summed E-state index contributed by atoms with van der Waals surface area (Å²) in [5.74, 6) is -2.07. The third kappa shape index (κ3) is 2.94. The van der Waals surface area contributed by atoms with Crippen molar-refractivity contribution in [1.82, 2.24) is 4.98 Å². The molecule has 1 aromatic heterocycles. The van der Waals surface area contributed by atoms with Crippen molar-refractivity contribution in [3.63, 3.8) is 0 Å². The lowest BCUT2D eigenvalue weighted by molar-refractivity contribution is 0.0517. The molecule has 0 saturated heterocycles. The summed E-state index contributed by atoms with van der Waals surface area (Å²) >= 11 is 0. The standard InChI is InChI=1S/C10H11F3N2O2/c1-2-17-10(16)6-3-5(4-14)7(11)8(15-6)9(12)13/h3,9H,2,4,14H2,1H3. The molecule has 4 nitrogen and oxygen atoms in total. The average Bonchev–Trinajstić information content (AvgIpc) is 2.29. The van der Waals surface area contributed by atoms with E-state index in [0.29, 0.717) is 0 Å². The van der Waals surface area contributed by atoms with Gasteiger partial charge in [0.2, 0.25) is 0 Å². The van der Waals surface area contributed by atoms with Crippen LogP contribution in [0.3, 0.4) is 0 Å². The van der Waals surface area contributed by atoms with Crippen LogP contribution in [0.4, 0.5) is 13.2 Å². The zero-order valence-corrected chi connectivity index (χ0v) is 9.04. The summed E-state index contributed by atoms with van der Waals surface area (Å²) in [4.78, 5) is 14.5. The lowest BCUT2D eigenvalue weighted by Crippen LogP contribution is -2.13. The van der Waals surface area contributed by atoms with E-state index in [0.717, 1.165) is 6.07 Å². The third-order valence-electron chi connectivity index (χ3n) is 1.97. The predicted octanol–water partition coefficient (Wildman–Crippen LogP) is 1.79. The zero-order chi connectivity index (χ0) is 13.0. The summed E-state index contributed by atoms with van der Waals surface area (Å²) in [6.45, 7) is 1.32. The number of ether oxygens (including phenoxy) is 1. The summed E-state index contributed by atoms with van der Waals surface area (Å²) in [5, 5.41) is 0. The molecule has 1 rings (SSSR count). The minimum atomic E-state index is -3.12. The number of halogens is 3. The van der Waals surface area contributed by atoms with Crippen LogP contribution in [0, 0.1) is 5.82 Å². The number of aromatic nitrogens is 1. The minimum absolute atomic E-state index is 0.0693. The molecule has 0 atom stereocenters. The molecule has 0 spiro atoms. The summed E-state index contributed by atoms with van der Waals surface area (Å²) in [7, 11) is 0. The van der Waals surface area contributed by atoms with Crippen LogP contribution in [-0.4, -0.2) is 17.6 Å². The first-order valence-electron chi connectivity index (χ1n) is 4.85. The van der Waals surface area contributed by atoms with Gasteiger partial charge in [0.1, 0.15) is 11.4 Å². The van der Waals surface area contributed by atoms with Crippen molar-refractivity contribution in [1.29, 1.82) is 0 Å². The maximum absolute atomic E-state index is 13.4. The van der Waals surface area contributed by atoms with Gasteiger partial charge in [-0.1, -0.05) is 0 Å². The Morgan fingerprint density at radius 2 is 2.24 bits per heavy atom. The number of rotatable bonds is 4. The van der Waals surface area contributed by atoms with E-state index in [1.165, 1.54) is 0 Å². The lowest BCUT2D eigenvalue weighted by Gasteiger charge is -2.08. The molecule has 17 heavy (non-hydrogen) atoms. The van der Waals surface area contributed by atoms with E-state index in [2.05, 4.69) is 9.72 Å². The number of hydrogen-bond acceptors (Lipinski definition) is 4. The number of pyridine rings is 1. The molecule has 0 aliphatic heterocycles. The van der Waals surface area contributed by atoms with Crippen molar-refractivity contribution in [2.45, 2.75) is 19.9 Å². The fourth-order valence-electron chi connectivity index (χ4n) is 1.21. The van der Waals surface area contributed by atoms with Gasteiger partial charge < -0.3 is 10.5 Å². The maximum Gasteiger partial charge on any atom is 0.356 e. The monoisotopic (exact) mass is 248 g/mol. The van der Waals surface area contributed by atoms with Gasteiger partial charge in [0.05, 0.1) is 6.61 Å². The van der Waals surface area contributed by atoms with Crippen LogP contribution in [0.2, 0.25) is 0 Å². The summed E-state index contributed by atoms with van der Waals surface area (Å²) < 4.78 is 42.9. The van der Waals surface area contributed by atoms with E-state index in [4.69, 9.17) is 5.73 Å². The van der Waals surface area contributed by atoms with Crippen LogP contribution in [-0.2, 0) is 11.3 Å². The highest BCUT2D eigenvalue weighted by Gasteiger charge is 2.22. The second-order valence-corrected chi connectivity index (χ2v) is 3.09. The third-order valence-corrected chi connectivity index (χ3v) is 1.97. The normalized spacial score (nSPS) is 10.7. The first-order chi connectivity index (χ1) is 8.01. The molecule has 0 bridgehead atoms. The molecule has 0 radical (unpaired) electrons. The van der Waals surface area contributed by atoms with Gasteiger partial charge in [0.15, 0.2) is 5.82 Å². The Kier molecular flexibility index (Phi) is 4.45. The van der Waals surface area contributed by atoms with Crippen molar-refractivity contribution < 1.29 is 22.7 Å². The Balaban J connectivity index is 3.25. The van der Waals surface area contributed by atoms with E-state index in [1.54, 1.807) is 6.92 Å². The average molecular weight is 248 g/mol. The smallest absolute Gasteiger partial charge is 0.356 e. The van der Waals surface area contributed by atoms with Crippen molar-refractivity contribution >= 4 is 5.97 Å².